The van der Waals surface area contributed by atoms with Crippen LogP contribution in [0.3, 0.4) is 0 Å². The third kappa shape index (κ3) is 4.14. The van der Waals surface area contributed by atoms with Crippen LogP contribution >= 0.6 is 0 Å². The number of alkyl halides is 6. The summed E-state index contributed by atoms with van der Waals surface area (Å²) < 4.78 is 79.8. The van der Waals surface area contributed by atoms with Crippen molar-refractivity contribution >= 4 is 5.91 Å². The lowest BCUT2D eigenvalue weighted by atomic mass is 9.84. The van der Waals surface area contributed by atoms with Crippen LogP contribution in [0.4, 0.5) is 26.3 Å². The largest absolute Gasteiger partial charge is 0.434 e. The van der Waals surface area contributed by atoms with Gasteiger partial charge in [-0.3, -0.25) is 4.79 Å². The first-order valence-corrected chi connectivity index (χ1v) is 9.95. The Hall–Kier alpha value is -2.59. The molecule has 2 heterocycles. The molecular formula is C20H20F6N4O. The summed E-state index contributed by atoms with van der Waals surface area (Å²) >= 11 is 0. The van der Waals surface area contributed by atoms with Crippen LogP contribution in [-0.2, 0) is 12.4 Å². The smallest absolute Gasteiger partial charge is 0.349 e. The molecule has 1 N–H and O–H groups in total. The highest BCUT2D eigenvalue weighted by Gasteiger charge is 2.44. The van der Waals surface area contributed by atoms with Gasteiger partial charge in [0.15, 0.2) is 11.5 Å². The first-order chi connectivity index (χ1) is 14.4. The summed E-state index contributed by atoms with van der Waals surface area (Å²) in [6, 6.07) is 1.10. The molecule has 2 aliphatic carbocycles. The van der Waals surface area contributed by atoms with Crippen molar-refractivity contribution in [2.24, 2.45) is 17.8 Å². The van der Waals surface area contributed by atoms with Crippen molar-refractivity contribution in [1.82, 2.24) is 20.1 Å². The average molecular weight is 446 g/mol. The van der Waals surface area contributed by atoms with Gasteiger partial charge in [0.2, 0.25) is 0 Å². The molecule has 11 heteroatoms. The molecule has 2 fully saturated rings. The summed E-state index contributed by atoms with van der Waals surface area (Å²) in [5, 5.41) is 6.27. The van der Waals surface area contributed by atoms with E-state index in [1.165, 1.54) is 0 Å². The van der Waals surface area contributed by atoms with Crippen molar-refractivity contribution in [3.63, 3.8) is 0 Å². The van der Waals surface area contributed by atoms with Gasteiger partial charge < -0.3 is 5.32 Å². The highest BCUT2D eigenvalue weighted by atomic mass is 19.4. The van der Waals surface area contributed by atoms with E-state index in [9.17, 15) is 31.1 Å². The van der Waals surface area contributed by atoms with Crippen LogP contribution in [0.25, 0.3) is 5.82 Å². The van der Waals surface area contributed by atoms with Crippen LogP contribution in [-0.4, -0.2) is 26.7 Å². The zero-order valence-electron chi connectivity index (χ0n) is 16.5. The van der Waals surface area contributed by atoms with Gasteiger partial charge in [-0.25, -0.2) is 9.67 Å². The Kier molecular flexibility index (Phi) is 5.25. The van der Waals surface area contributed by atoms with E-state index in [1.807, 2.05) is 0 Å². The predicted molar refractivity (Wildman–Crippen MR) is 97.2 cm³/mol. The SMILES string of the molecule is C[C@@H](NC(=O)c1cnn(-c2ccc(C(F)(F)F)cn2)c1C(F)(F)F)[C@H]1C[C@H]2CC[C@H]1C2. The lowest BCUT2D eigenvalue weighted by molar-refractivity contribution is -0.143. The number of amides is 1. The normalized spacial score (nSPS) is 24.4. The van der Waals surface area contributed by atoms with Gasteiger partial charge in [0.05, 0.1) is 17.3 Å². The molecule has 2 aromatic heterocycles. The molecule has 0 spiro atoms. The molecule has 0 aliphatic heterocycles. The third-order valence-corrected chi connectivity index (χ3v) is 6.37. The van der Waals surface area contributed by atoms with E-state index in [0.29, 0.717) is 28.8 Å². The quantitative estimate of drug-likeness (QED) is 0.683. The van der Waals surface area contributed by atoms with Gasteiger partial charge in [0.1, 0.15) is 0 Å². The zero-order chi connectivity index (χ0) is 22.6. The molecule has 5 nitrogen and oxygen atoms in total. The number of halogens is 6. The van der Waals surface area contributed by atoms with E-state index in [2.05, 4.69) is 15.4 Å². The van der Waals surface area contributed by atoms with Gasteiger partial charge >= 0.3 is 12.4 Å². The lowest BCUT2D eigenvalue weighted by Gasteiger charge is -2.28. The molecule has 2 aliphatic rings. The number of carbonyl (C=O) groups excluding carboxylic acids is 1. The number of hydrogen-bond acceptors (Lipinski definition) is 3. The van der Waals surface area contributed by atoms with Crippen LogP contribution in [0.2, 0.25) is 0 Å². The Morgan fingerprint density at radius 2 is 1.84 bits per heavy atom. The average Bonchev–Trinajstić information content (AvgIpc) is 3.41. The third-order valence-electron chi connectivity index (χ3n) is 6.37. The van der Waals surface area contributed by atoms with Crippen molar-refractivity contribution in [1.29, 1.82) is 0 Å². The number of fused-ring (bicyclic) bond motifs is 2. The first-order valence-electron chi connectivity index (χ1n) is 9.95. The van der Waals surface area contributed by atoms with Gasteiger partial charge in [0, 0.05) is 12.2 Å². The van der Waals surface area contributed by atoms with Crippen LogP contribution in [0.15, 0.2) is 24.5 Å². The fraction of sp³-hybridized carbons (Fsp3) is 0.550. The van der Waals surface area contributed by atoms with Gasteiger partial charge in [-0.1, -0.05) is 6.42 Å². The van der Waals surface area contributed by atoms with Crippen LogP contribution in [0.5, 0.6) is 0 Å². The zero-order valence-corrected chi connectivity index (χ0v) is 16.5. The van der Waals surface area contributed by atoms with Crippen molar-refractivity contribution in [3.05, 3.63) is 41.3 Å². The summed E-state index contributed by atoms with van der Waals surface area (Å²) in [5.74, 6) is -0.0695. The van der Waals surface area contributed by atoms with E-state index in [0.717, 1.165) is 37.9 Å². The monoisotopic (exact) mass is 446 g/mol. The minimum atomic E-state index is -4.97. The molecule has 2 aromatic rings. The fourth-order valence-corrected chi connectivity index (χ4v) is 4.94. The number of carbonyl (C=O) groups is 1. The van der Waals surface area contributed by atoms with E-state index in [-0.39, 0.29) is 12.0 Å². The van der Waals surface area contributed by atoms with Gasteiger partial charge in [-0.05, 0) is 56.1 Å². The highest BCUT2D eigenvalue weighted by molar-refractivity contribution is 5.95. The molecule has 0 radical (unpaired) electrons. The Bertz CT molecular complexity index is 966. The Morgan fingerprint density at radius 3 is 2.35 bits per heavy atom. The second-order valence-corrected chi connectivity index (χ2v) is 8.32. The number of aromatic nitrogens is 3. The number of rotatable bonds is 4. The second-order valence-electron chi connectivity index (χ2n) is 8.32. The number of hydrogen-bond donors (Lipinski definition) is 1. The maximum absolute atomic E-state index is 13.8. The minimum absolute atomic E-state index is 0.226. The molecule has 0 aromatic carbocycles. The molecule has 4 rings (SSSR count). The van der Waals surface area contributed by atoms with Crippen LogP contribution in [0, 0.1) is 17.8 Å². The Morgan fingerprint density at radius 1 is 1.10 bits per heavy atom. The van der Waals surface area contributed by atoms with Crippen LogP contribution < -0.4 is 5.32 Å². The fourth-order valence-electron chi connectivity index (χ4n) is 4.94. The summed E-state index contributed by atoms with van der Waals surface area (Å²) in [6.45, 7) is 1.79. The summed E-state index contributed by atoms with van der Waals surface area (Å²) in [7, 11) is 0. The molecule has 168 valence electrons. The molecule has 31 heavy (non-hydrogen) atoms. The van der Waals surface area contributed by atoms with E-state index < -0.39 is 40.9 Å². The summed E-state index contributed by atoms with van der Waals surface area (Å²) in [4.78, 5) is 16.1. The number of nitrogens with one attached hydrogen (secondary N) is 1. The maximum Gasteiger partial charge on any atom is 0.434 e. The first kappa shape index (κ1) is 21.6. The molecule has 0 unspecified atom stereocenters. The molecule has 2 bridgehead atoms. The van der Waals surface area contributed by atoms with Gasteiger partial charge in [-0.2, -0.15) is 31.4 Å². The van der Waals surface area contributed by atoms with E-state index >= 15 is 0 Å². The van der Waals surface area contributed by atoms with Crippen LogP contribution in [0.1, 0.15) is 54.2 Å². The van der Waals surface area contributed by atoms with Gasteiger partial charge in [-0.15, -0.1) is 0 Å². The van der Waals surface area contributed by atoms with Crippen molar-refractivity contribution in [3.8, 4) is 5.82 Å². The van der Waals surface area contributed by atoms with Crippen molar-refractivity contribution in [2.75, 3.05) is 0 Å². The van der Waals surface area contributed by atoms with Crippen molar-refractivity contribution < 1.29 is 31.1 Å². The van der Waals surface area contributed by atoms with Gasteiger partial charge in [0.25, 0.3) is 5.91 Å². The maximum atomic E-state index is 13.8. The minimum Gasteiger partial charge on any atom is -0.349 e. The standard InChI is InChI=1S/C20H20F6N4O/c1-10(14-7-11-2-3-12(14)6-11)29-18(31)15-9-28-30(17(15)20(24,25)26)16-5-4-13(8-27-16)19(21,22)23/h4-5,8-12,14H,2-3,6-7H2,1H3,(H,29,31)/t10-,11+,12+,14-/m1/s1. The topological polar surface area (TPSA) is 59.8 Å². The number of nitrogens with zero attached hydrogens (tertiary/aromatic N) is 3. The van der Waals surface area contributed by atoms with E-state index in [4.69, 9.17) is 0 Å². The number of pyridine rings is 1. The molecule has 1 amide bonds. The Balaban J connectivity index is 1.60. The summed E-state index contributed by atoms with van der Waals surface area (Å²) in [5.41, 5.74) is -3.17. The lowest BCUT2D eigenvalue weighted by Crippen LogP contribution is -2.40. The molecule has 4 atom stereocenters. The predicted octanol–water partition coefficient (Wildman–Crippen LogP) is 4.86. The second kappa shape index (κ2) is 7.52. The van der Waals surface area contributed by atoms with Crippen molar-refractivity contribution in [2.45, 2.75) is 51.0 Å². The molecular weight excluding hydrogens is 426 g/mol. The van der Waals surface area contributed by atoms with E-state index in [1.54, 1.807) is 6.92 Å². The molecule has 0 saturated heterocycles. The molecule has 2 saturated carbocycles. The highest BCUT2D eigenvalue weighted by Crippen LogP contribution is 2.49. The Labute approximate surface area is 173 Å². The summed E-state index contributed by atoms with van der Waals surface area (Å²) in [6.07, 6.45) is -4.18.